The molecule has 0 bridgehead atoms. The lowest BCUT2D eigenvalue weighted by atomic mass is 9.98. The van der Waals surface area contributed by atoms with Gasteiger partial charge in [0.1, 0.15) is 22.3 Å². The van der Waals surface area contributed by atoms with Gasteiger partial charge in [-0.05, 0) is 93.7 Å². The molecule has 7 aromatic carbocycles. The van der Waals surface area contributed by atoms with Crippen molar-refractivity contribution in [3.8, 4) is 27.9 Å². The quantitative estimate of drug-likeness (QED) is 0.210. The first-order chi connectivity index (χ1) is 22.3. The summed E-state index contributed by atoms with van der Waals surface area (Å²) in [7, 11) is 0. The Morgan fingerprint density at radius 2 is 1.02 bits per heavy atom. The van der Waals surface area contributed by atoms with Crippen molar-refractivity contribution in [2.75, 3.05) is 0 Å². The number of para-hydroxylation sites is 2. The van der Waals surface area contributed by atoms with Crippen molar-refractivity contribution in [1.29, 1.82) is 0 Å². The Morgan fingerprint density at radius 1 is 0.378 bits per heavy atom. The van der Waals surface area contributed by atoms with Crippen molar-refractivity contribution in [3.63, 3.8) is 0 Å². The SMILES string of the molecule is c1ccc(-n2c3ccccc3c3oc4ccc(-c5ccc(-c6ccc7c(c6)oc6cc8ccccc8cc67)cc5)cc4c32)cc1. The fourth-order valence-electron chi connectivity index (χ4n) is 6.99. The van der Waals surface area contributed by atoms with Gasteiger partial charge in [0.05, 0.1) is 5.52 Å². The summed E-state index contributed by atoms with van der Waals surface area (Å²) in [4.78, 5) is 0. The normalized spacial score (nSPS) is 12.0. The zero-order chi connectivity index (χ0) is 29.5. The van der Waals surface area contributed by atoms with E-state index in [1.165, 1.54) is 10.8 Å². The van der Waals surface area contributed by atoms with Crippen LogP contribution in [0.1, 0.15) is 0 Å². The third-order valence-corrected chi connectivity index (χ3v) is 9.18. The lowest BCUT2D eigenvalue weighted by Gasteiger charge is -2.08. The van der Waals surface area contributed by atoms with E-state index >= 15 is 0 Å². The minimum Gasteiger partial charge on any atom is -0.456 e. The van der Waals surface area contributed by atoms with Gasteiger partial charge in [-0.2, -0.15) is 0 Å². The van der Waals surface area contributed by atoms with E-state index in [0.717, 1.165) is 82.9 Å². The van der Waals surface area contributed by atoms with Crippen molar-refractivity contribution in [1.82, 2.24) is 4.57 Å². The Labute approximate surface area is 258 Å². The van der Waals surface area contributed by atoms with Crippen LogP contribution < -0.4 is 0 Å². The van der Waals surface area contributed by atoms with E-state index in [4.69, 9.17) is 8.83 Å². The van der Waals surface area contributed by atoms with Crippen LogP contribution in [-0.4, -0.2) is 4.57 Å². The summed E-state index contributed by atoms with van der Waals surface area (Å²) in [5.41, 5.74) is 11.6. The monoisotopic (exact) mass is 575 g/mol. The van der Waals surface area contributed by atoms with Crippen LogP contribution in [0.4, 0.5) is 0 Å². The summed E-state index contributed by atoms with van der Waals surface area (Å²) in [5, 5.41) is 6.94. The number of benzene rings is 7. The Bertz CT molecular complexity index is 2740. The molecular weight excluding hydrogens is 550 g/mol. The lowest BCUT2D eigenvalue weighted by molar-refractivity contribution is 0.669. The number of furan rings is 2. The fraction of sp³-hybridized carbons (Fsp3) is 0. The second-order valence-electron chi connectivity index (χ2n) is 11.8. The van der Waals surface area contributed by atoms with Gasteiger partial charge in [0.25, 0.3) is 0 Å². The van der Waals surface area contributed by atoms with E-state index in [2.05, 4.69) is 156 Å². The predicted molar refractivity (Wildman–Crippen MR) is 186 cm³/mol. The van der Waals surface area contributed by atoms with E-state index in [9.17, 15) is 0 Å². The molecule has 3 aromatic heterocycles. The third-order valence-electron chi connectivity index (χ3n) is 9.18. The van der Waals surface area contributed by atoms with Gasteiger partial charge in [0, 0.05) is 27.2 Å². The molecular formula is C42H25NO2. The number of aromatic nitrogens is 1. The average molecular weight is 576 g/mol. The van der Waals surface area contributed by atoms with Crippen LogP contribution >= 0.6 is 0 Å². The van der Waals surface area contributed by atoms with Gasteiger partial charge in [-0.1, -0.05) is 91.0 Å². The number of nitrogens with zero attached hydrogens (tertiary/aromatic N) is 1. The maximum atomic E-state index is 6.49. The minimum atomic E-state index is 0.892. The zero-order valence-electron chi connectivity index (χ0n) is 24.2. The molecule has 3 nitrogen and oxygen atoms in total. The molecule has 10 aromatic rings. The van der Waals surface area contributed by atoms with Gasteiger partial charge >= 0.3 is 0 Å². The van der Waals surface area contributed by atoms with E-state index in [0.29, 0.717) is 0 Å². The Morgan fingerprint density at radius 3 is 1.84 bits per heavy atom. The molecule has 0 saturated heterocycles. The molecule has 10 rings (SSSR count). The van der Waals surface area contributed by atoms with Crippen LogP contribution in [0.2, 0.25) is 0 Å². The number of hydrogen-bond donors (Lipinski definition) is 0. The molecule has 0 atom stereocenters. The van der Waals surface area contributed by atoms with Crippen molar-refractivity contribution >= 4 is 65.7 Å². The molecule has 0 aliphatic heterocycles. The second-order valence-corrected chi connectivity index (χ2v) is 11.8. The van der Waals surface area contributed by atoms with Gasteiger partial charge in [-0.25, -0.2) is 0 Å². The minimum absolute atomic E-state index is 0.892. The second kappa shape index (κ2) is 9.22. The molecule has 0 radical (unpaired) electrons. The van der Waals surface area contributed by atoms with E-state index in [1.54, 1.807) is 0 Å². The van der Waals surface area contributed by atoms with Gasteiger partial charge in [0.15, 0.2) is 5.58 Å². The number of fused-ring (bicyclic) bond motifs is 9. The van der Waals surface area contributed by atoms with Crippen molar-refractivity contribution in [2.24, 2.45) is 0 Å². The van der Waals surface area contributed by atoms with Crippen molar-refractivity contribution in [2.45, 2.75) is 0 Å². The van der Waals surface area contributed by atoms with Crippen LogP contribution in [-0.2, 0) is 0 Å². The zero-order valence-corrected chi connectivity index (χ0v) is 24.2. The van der Waals surface area contributed by atoms with Crippen LogP contribution in [0, 0.1) is 0 Å². The van der Waals surface area contributed by atoms with Crippen LogP contribution in [0.15, 0.2) is 160 Å². The first kappa shape index (κ1) is 24.4. The maximum Gasteiger partial charge on any atom is 0.161 e. The third kappa shape index (κ3) is 3.65. The molecule has 0 N–H and O–H groups in total. The molecule has 0 fully saturated rings. The topological polar surface area (TPSA) is 31.2 Å². The standard InChI is InChI=1S/C42H25NO2/c1-2-10-32(11-3-1)43-37-13-7-6-12-34(37)42-41(43)36-23-30(19-21-38(36)45-42)26-14-16-27(17-15-26)31-18-20-33-35-22-28-8-4-5-9-29(28)24-40(35)44-39(33)25-31/h1-25H. The van der Waals surface area contributed by atoms with Gasteiger partial charge in [0.2, 0.25) is 0 Å². The molecule has 45 heavy (non-hydrogen) atoms. The summed E-state index contributed by atoms with van der Waals surface area (Å²) in [6, 6.07) is 53.6. The smallest absolute Gasteiger partial charge is 0.161 e. The molecule has 210 valence electrons. The largest absolute Gasteiger partial charge is 0.456 e. The van der Waals surface area contributed by atoms with Crippen LogP contribution in [0.25, 0.3) is 93.6 Å². The summed E-state index contributed by atoms with van der Waals surface area (Å²) in [6.45, 7) is 0. The van der Waals surface area contributed by atoms with Crippen LogP contribution in [0.5, 0.6) is 0 Å². The summed E-state index contributed by atoms with van der Waals surface area (Å²) >= 11 is 0. The molecule has 0 saturated carbocycles. The molecule has 0 aliphatic carbocycles. The molecule has 3 heterocycles. The van der Waals surface area contributed by atoms with E-state index in [-0.39, 0.29) is 0 Å². The molecule has 3 heteroatoms. The summed E-state index contributed by atoms with van der Waals surface area (Å²) < 4.78 is 15.1. The van der Waals surface area contributed by atoms with Crippen molar-refractivity contribution in [3.05, 3.63) is 152 Å². The highest BCUT2D eigenvalue weighted by molar-refractivity contribution is 6.17. The predicted octanol–water partition coefficient (Wildman–Crippen LogP) is 11.9. The Balaban J connectivity index is 1.07. The highest BCUT2D eigenvalue weighted by atomic mass is 16.3. The lowest BCUT2D eigenvalue weighted by Crippen LogP contribution is -1.92. The van der Waals surface area contributed by atoms with E-state index < -0.39 is 0 Å². The fourth-order valence-corrected chi connectivity index (χ4v) is 6.99. The number of hydrogen-bond acceptors (Lipinski definition) is 2. The van der Waals surface area contributed by atoms with Gasteiger partial charge < -0.3 is 13.4 Å². The first-order valence-corrected chi connectivity index (χ1v) is 15.3. The van der Waals surface area contributed by atoms with Crippen LogP contribution in [0.3, 0.4) is 0 Å². The number of rotatable bonds is 3. The first-order valence-electron chi connectivity index (χ1n) is 15.3. The summed E-state index contributed by atoms with van der Waals surface area (Å²) in [5.74, 6) is 0. The molecule has 0 aliphatic rings. The van der Waals surface area contributed by atoms with E-state index in [1.807, 2.05) is 0 Å². The summed E-state index contributed by atoms with van der Waals surface area (Å²) in [6.07, 6.45) is 0. The highest BCUT2D eigenvalue weighted by Gasteiger charge is 2.19. The van der Waals surface area contributed by atoms with Crippen molar-refractivity contribution < 1.29 is 8.83 Å². The van der Waals surface area contributed by atoms with Gasteiger partial charge in [-0.3, -0.25) is 0 Å². The van der Waals surface area contributed by atoms with Gasteiger partial charge in [-0.15, -0.1) is 0 Å². The molecule has 0 spiro atoms. The Hall–Kier alpha value is -6.06. The Kier molecular flexibility index (Phi) is 5.00. The average Bonchev–Trinajstić information content (AvgIpc) is 3.75. The molecule has 0 amide bonds. The molecule has 0 unspecified atom stereocenters. The highest BCUT2D eigenvalue weighted by Crippen LogP contribution is 2.40. The maximum absolute atomic E-state index is 6.49.